The molecule has 3 aliphatic heterocycles. The number of aromatic nitrogens is 3. The average Bonchev–Trinajstić information content (AvgIpc) is 3.37. The number of nitrogens with one attached hydrogen (secondary N) is 2. The molecule has 6 rings (SSSR count). The lowest BCUT2D eigenvalue weighted by Crippen LogP contribution is -2.75. The zero-order valence-electron chi connectivity index (χ0n) is 18.3. The molecule has 3 atom stereocenters. The molecular formula is C21H19ClN6O5S. The van der Waals surface area contributed by atoms with Gasteiger partial charge in [-0.25, -0.2) is 14.8 Å². The molecule has 0 radical (unpaired) electrons. The third-order valence-electron chi connectivity index (χ3n) is 6.60. The van der Waals surface area contributed by atoms with Crippen LogP contribution in [0.5, 0.6) is 0 Å². The van der Waals surface area contributed by atoms with E-state index in [0.29, 0.717) is 44.7 Å². The molecule has 11 nitrogen and oxygen atoms in total. The Hall–Kier alpha value is -3.09. The van der Waals surface area contributed by atoms with Crippen LogP contribution in [-0.2, 0) is 20.7 Å². The summed E-state index contributed by atoms with van der Waals surface area (Å²) < 4.78 is 11.6. The Morgan fingerprint density at radius 3 is 2.62 bits per heavy atom. The van der Waals surface area contributed by atoms with Crippen molar-refractivity contribution in [3.05, 3.63) is 21.8 Å². The van der Waals surface area contributed by atoms with Crippen LogP contribution in [0.2, 0.25) is 5.02 Å². The van der Waals surface area contributed by atoms with Crippen molar-refractivity contribution < 1.29 is 23.6 Å². The van der Waals surface area contributed by atoms with Gasteiger partial charge in [0.2, 0.25) is 17.4 Å². The Morgan fingerprint density at radius 1 is 1.21 bits per heavy atom. The van der Waals surface area contributed by atoms with Crippen LogP contribution in [0.15, 0.2) is 9.90 Å². The van der Waals surface area contributed by atoms with Crippen LogP contribution in [0.3, 0.4) is 0 Å². The number of morpholine rings is 1. The highest BCUT2D eigenvalue weighted by molar-refractivity contribution is 7.13. The summed E-state index contributed by atoms with van der Waals surface area (Å²) in [5, 5.41) is 11.5. The SMILES string of the molecule is Cc1csc(-c2noc3c(Cl)c4c(nc23)CC2(C(=O)NC(=O)NC2=O)[C@@H]2[C@@H](C)O[C@@H](C)CN42)n1. The number of carbonyl (C=O) groups excluding carboxylic acids is 3. The molecular weight excluding hydrogens is 484 g/mol. The monoisotopic (exact) mass is 502 g/mol. The van der Waals surface area contributed by atoms with E-state index in [1.165, 1.54) is 11.3 Å². The van der Waals surface area contributed by atoms with Gasteiger partial charge < -0.3 is 14.2 Å². The standard InChI is InChI=1S/C21H19ClN6O5S/c1-7-6-34-17(23-7)13-12-15(33-27-13)11(22)14-10(24-12)4-21(18(29)25-20(31)26-19(21)30)16-9(3)32-8(2)5-28(14)16/h6,8-9,16H,4-5H2,1-3H3,(H2,25,26,29,30,31)/t8-,9+,16-/m0/s1. The molecule has 3 aromatic heterocycles. The number of nitrogens with zero attached hydrogens (tertiary/aromatic N) is 4. The maximum Gasteiger partial charge on any atom is 0.328 e. The Balaban J connectivity index is 1.60. The van der Waals surface area contributed by atoms with Crippen molar-refractivity contribution in [1.82, 2.24) is 25.8 Å². The molecule has 1 spiro atoms. The van der Waals surface area contributed by atoms with Crippen molar-refractivity contribution >= 4 is 57.6 Å². The van der Waals surface area contributed by atoms with Gasteiger partial charge in [-0.1, -0.05) is 16.8 Å². The molecule has 4 amide bonds. The largest absolute Gasteiger partial charge is 0.372 e. The molecule has 0 saturated carbocycles. The average molecular weight is 503 g/mol. The van der Waals surface area contributed by atoms with Crippen LogP contribution >= 0.6 is 22.9 Å². The van der Waals surface area contributed by atoms with Gasteiger partial charge in [-0.05, 0) is 20.8 Å². The van der Waals surface area contributed by atoms with E-state index in [1.807, 2.05) is 24.1 Å². The number of hydrogen-bond acceptors (Lipinski definition) is 10. The molecule has 6 heterocycles. The molecule has 176 valence electrons. The summed E-state index contributed by atoms with van der Waals surface area (Å²) in [4.78, 5) is 49.6. The third kappa shape index (κ3) is 2.79. The molecule has 0 bridgehead atoms. The van der Waals surface area contributed by atoms with E-state index < -0.39 is 35.4 Å². The zero-order chi connectivity index (χ0) is 23.9. The van der Waals surface area contributed by atoms with Gasteiger partial charge in [-0.3, -0.25) is 20.2 Å². The van der Waals surface area contributed by atoms with Crippen LogP contribution in [0.4, 0.5) is 10.5 Å². The normalized spacial score (nSPS) is 25.8. The lowest BCUT2D eigenvalue weighted by atomic mass is 9.67. The quantitative estimate of drug-likeness (QED) is 0.479. The number of pyridine rings is 1. The topological polar surface area (TPSA) is 140 Å². The van der Waals surface area contributed by atoms with Crippen LogP contribution in [0, 0.1) is 12.3 Å². The molecule has 2 N–H and O–H groups in total. The summed E-state index contributed by atoms with van der Waals surface area (Å²) in [5.74, 6) is -1.38. The van der Waals surface area contributed by atoms with Gasteiger partial charge in [0.15, 0.2) is 11.1 Å². The first-order chi connectivity index (χ1) is 16.2. The Morgan fingerprint density at radius 2 is 1.94 bits per heavy atom. The van der Waals surface area contributed by atoms with Gasteiger partial charge in [-0.2, -0.15) is 0 Å². The maximum atomic E-state index is 13.3. The first-order valence-electron chi connectivity index (χ1n) is 10.7. The highest BCUT2D eigenvalue weighted by Crippen LogP contribution is 2.50. The second-order valence-corrected chi connectivity index (χ2v) is 10.1. The number of anilines is 1. The van der Waals surface area contributed by atoms with E-state index >= 15 is 0 Å². The first kappa shape index (κ1) is 21.4. The predicted octanol–water partition coefficient (Wildman–Crippen LogP) is 2.20. The summed E-state index contributed by atoms with van der Waals surface area (Å²) in [7, 11) is 0. The number of barbiturate groups is 1. The van der Waals surface area contributed by atoms with Gasteiger partial charge in [0, 0.05) is 24.0 Å². The molecule has 3 aliphatic rings. The van der Waals surface area contributed by atoms with Crippen molar-refractivity contribution in [2.45, 2.75) is 45.4 Å². The smallest absolute Gasteiger partial charge is 0.328 e. The molecule has 0 aliphatic carbocycles. The second-order valence-electron chi connectivity index (χ2n) is 8.86. The lowest BCUT2D eigenvalue weighted by Gasteiger charge is -2.55. The zero-order valence-corrected chi connectivity index (χ0v) is 19.9. The fourth-order valence-electron chi connectivity index (χ4n) is 5.36. The number of amides is 4. The van der Waals surface area contributed by atoms with Crippen molar-refractivity contribution in [1.29, 1.82) is 0 Å². The van der Waals surface area contributed by atoms with Gasteiger partial charge in [0.05, 0.1) is 29.6 Å². The Labute approximate surface area is 201 Å². The minimum atomic E-state index is -1.64. The number of hydrogen-bond donors (Lipinski definition) is 2. The van der Waals surface area contributed by atoms with E-state index in [-0.39, 0.29) is 12.5 Å². The summed E-state index contributed by atoms with van der Waals surface area (Å²) in [6, 6.07) is -1.57. The number of aryl methyl sites for hydroxylation is 1. The Bertz CT molecular complexity index is 1380. The van der Waals surface area contributed by atoms with Gasteiger partial charge in [0.1, 0.15) is 15.5 Å². The summed E-state index contributed by atoms with van der Waals surface area (Å²) >= 11 is 8.27. The molecule has 0 aromatic carbocycles. The van der Waals surface area contributed by atoms with E-state index in [4.69, 9.17) is 25.8 Å². The third-order valence-corrected chi connectivity index (χ3v) is 7.92. The Kier molecular flexibility index (Phi) is 4.54. The minimum absolute atomic E-state index is 0.0757. The number of thiazole rings is 1. The highest BCUT2D eigenvalue weighted by atomic mass is 35.5. The van der Waals surface area contributed by atoms with Crippen molar-refractivity contribution in [2.24, 2.45) is 5.41 Å². The number of urea groups is 1. The van der Waals surface area contributed by atoms with Crippen molar-refractivity contribution in [3.63, 3.8) is 0 Å². The van der Waals surface area contributed by atoms with E-state index in [0.717, 1.165) is 5.69 Å². The second kappa shape index (κ2) is 7.20. The number of ether oxygens (including phenoxy) is 1. The van der Waals surface area contributed by atoms with Gasteiger partial charge in [0.25, 0.3) is 0 Å². The maximum absolute atomic E-state index is 13.3. The van der Waals surface area contributed by atoms with Crippen molar-refractivity contribution in [3.8, 4) is 10.7 Å². The number of rotatable bonds is 1. The summed E-state index contributed by atoms with van der Waals surface area (Å²) in [5.41, 5.74) is 1.34. The highest BCUT2D eigenvalue weighted by Gasteiger charge is 2.63. The molecule has 0 unspecified atom stereocenters. The molecule has 13 heteroatoms. The van der Waals surface area contributed by atoms with Crippen LogP contribution in [0.1, 0.15) is 25.2 Å². The van der Waals surface area contributed by atoms with Crippen LogP contribution in [0.25, 0.3) is 21.8 Å². The number of halogens is 1. The molecule has 2 saturated heterocycles. The number of fused-ring (bicyclic) bond motifs is 5. The van der Waals surface area contributed by atoms with E-state index in [2.05, 4.69) is 20.8 Å². The number of imide groups is 2. The molecule has 34 heavy (non-hydrogen) atoms. The van der Waals surface area contributed by atoms with Crippen molar-refractivity contribution in [2.75, 3.05) is 11.4 Å². The van der Waals surface area contributed by atoms with Gasteiger partial charge in [-0.15, -0.1) is 11.3 Å². The number of carbonyl (C=O) groups is 3. The first-order valence-corrected chi connectivity index (χ1v) is 12.0. The molecule has 3 aromatic rings. The lowest BCUT2D eigenvalue weighted by molar-refractivity contribution is -0.153. The fraction of sp³-hybridized carbons (Fsp3) is 0.429. The van der Waals surface area contributed by atoms with Crippen LogP contribution in [-0.4, -0.2) is 57.8 Å². The summed E-state index contributed by atoms with van der Waals surface area (Å²) in [6.45, 7) is 5.93. The van der Waals surface area contributed by atoms with Gasteiger partial charge >= 0.3 is 6.03 Å². The van der Waals surface area contributed by atoms with E-state index in [1.54, 1.807) is 6.92 Å². The fourth-order valence-corrected chi connectivity index (χ4v) is 6.48. The van der Waals surface area contributed by atoms with Crippen LogP contribution < -0.4 is 15.5 Å². The summed E-state index contributed by atoms with van der Waals surface area (Å²) in [6.07, 6.45) is -0.800. The predicted molar refractivity (Wildman–Crippen MR) is 122 cm³/mol. The minimum Gasteiger partial charge on any atom is -0.372 e. The molecule has 2 fully saturated rings. The van der Waals surface area contributed by atoms with E-state index in [9.17, 15) is 14.4 Å².